The molecule has 0 aliphatic carbocycles. The SMILES string of the molecule is CCOc1ccc(-c2n[nH]c(C(=O)N/N=C(/C)c3ccc(Br)cc3)c2C)cc1. The Bertz CT molecular complexity index is 992. The summed E-state index contributed by atoms with van der Waals surface area (Å²) in [6, 6.07) is 15.3. The minimum Gasteiger partial charge on any atom is -0.494 e. The van der Waals surface area contributed by atoms with Gasteiger partial charge in [0, 0.05) is 15.6 Å². The van der Waals surface area contributed by atoms with Gasteiger partial charge < -0.3 is 4.74 Å². The predicted molar refractivity (Wildman–Crippen MR) is 114 cm³/mol. The first-order valence-electron chi connectivity index (χ1n) is 8.88. The summed E-state index contributed by atoms with van der Waals surface area (Å²) < 4.78 is 6.45. The first kappa shape index (κ1) is 19.8. The molecule has 6 nitrogen and oxygen atoms in total. The number of hydrogen-bond acceptors (Lipinski definition) is 4. The number of benzene rings is 2. The van der Waals surface area contributed by atoms with E-state index in [2.05, 4.69) is 36.7 Å². The molecule has 0 radical (unpaired) electrons. The maximum absolute atomic E-state index is 12.5. The van der Waals surface area contributed by atoms with E-state index in [9.17, 15) is 4.79 Å². The summed E-state index contributed by atoms with van der Waals surface area (Å²) >= 11 is 3.40. The molecule has 0 aliphatic rings. The van der Waals surface area contributed by atoms with E-state index in [1.54, 1.807) is 0 Å². The van der Waals surface area contributed by atoms with Gasteiger partial charge in [0.2, 0.25) is 0 Å². The maximum atomic E-state index is 12.5. The van der Waals surface area contributed by atoms with Gasteiger partial charge in [0.15, 0.2) is 0 Å². The van der Waals surface area contributed by atoms with Crippen LogP contribution in [0.4, 0.5) is 0 Å². The molecule has 0 saturated carbocycles. The van der Waals surface area contributed by atoms with Crippen molar-refractivity contribution in [2.75, 3.05) is 6.61 Å². The zero-order chi connectivity index (χ0) is 20.1. The van der Waals surface area contributed by atoms with E-state index in [-0.39, 0.29) is 5.91 Å². The van der Waals surface area contributed by atoms with E-state index in [0.717, 1.165) is 32.6 Å². The van der Waals surface area contributed by atoms with Gasteiger partial charge in [-0.25, -0.2) is 5.43 Å². The van der Waals surface area contributed by atoms with Gasteiger partial charge in [-0.1, -0.05) is 28.1 Å². The highest BCUT2D eigenvalue weighted by Gasteiger charge is 2.17. The molecular formula is C21H21BrN4O2. The summed E-state index contributed by atoms with van der Waals surface area (Å²) in [7, 11) is 0. The molecule has 144 valence electrons. The number of nitrogens with zero attached hydrogens (tertiary/aromatic N) is 2. The summed E-state index contributed by atoms with van der Waals surface area (Å²) in [5, 5.41) is 11.3. The molecule has 1 aromatic heterocycles. The summed E-state index contributed by atoms with van der Waals surface area (Å²) in [4.78, 5) is 12.5. The van der Waals surface area contributed by atoms with Gasteiger partial charge in [-0.2, -0.15) is 10.2 Å². The number of hydrazone groups is 1. The molecule has 2 aromatic carbocycles. The van der Waals surface area contributed by atoms with E-state index in [1.165, 1.54) is 0 Å². The smallest absolute Gasteiger partial charge is 0.289 e. The van der Waals surface area contributed by atoms with Crippen molar-refractivity contribution in [3.63, 3.8) is 0 Å². The Morgan fingerprint density at radius 2 is 1.86 bits per heavy atom. The lowest BCUT2D eigenvalue weighted by atomic mass is 10.1. The first-order valence-corrected chi connectivity index (χ1v) is 9.67. The zero-order valence-corrected chi connectivity index (χ0v) is 17.5. The molecule has 0 bridgehead atoms. The first-order chi connectivity index (χ1) is 13.5. The molecule has 0 atom stereocenters. The molecule has 0 unspecified atom stereocenters. The third-order valence-electron chi connectivity index (χ3n) is 4.26. The van der Waals surface area contributed by atoms with Gasteiger partial charge in [0.05, 0.1) is 18.0 Å². The molecule has 28 heavy (non-hydrogen) atoms. The Kier molecular flexibility index (Phi) is 6.26. The Morgan fingerprint density at radius 1 is 1.18 bits per heavy atom. The van der Waals surface area contributed by atoms with Crippen molar-refractivity contribution in [3.05, 3.63) is 69.8 Å². The van der Waals surface area contributed by atoms with Crippen LogP contribution in [0.15, 0.2) is 58.1 Å². The highest BCUT2D eigenvalue weighted by molar-refractivity contribution is 9.10. The molecule has 7 heteroatoms. The average molecular weight is 441 g/mol. The van der Waals surface area contributed by atoms with Gasteiger partial charge in [0.1, 0.15) is 11.4 Å². The van der Waals surface area contributed by atoms with E-state index < -0.39 is 0 Å². The van der Waals surface area contributed by atoms with Crippen LogP contribution < -0.4 is 10.2 Å². The Hall–Kier alpha value is -2.93. The Balaban J connectivity index is 1.74. The second kappa shape index (κ2) is 8.84. The highest BCUT2D eigenvalue weighted by atomic mass is 79.9. The van der Waals surface area contributed by atoms with Gasteiger partial charge in [-0.05, 0) is 62.7 Å². The number of nitrogens with one attached hydrogen (secondary N) is 2. The van der Waals surface area contributed by atoms with Gasteiger partial charge >= 0.3 is 0 Å². The molecule has 2 N–H and O–H groups in total. The Morgan fingerprint density at radius 3 is 2.50 bits per heavy atom. The lowest BCUT2D eigenvalue weighted by Crippen LogP contribution is -2.20. The van der Waals surface area contributed by atoms with Crippen LogP contribution in [-0.4, -0.2) is 28.4 Å². The van der Waals surface area contributed by atoms with Crippen LogP contribution in [0, 0.1) is 6.92 Å². The van der Waals surface area contributed by atoms with Crippen LogP contribution in [0.3, 0.4) is 0 Å². The van der Waals surface area contributed by atoms with Crippen LogP contribution >= 0.6 is 15.9 Å². The monoisotopic (exact) mass is 440 g/mol. The molecule has 1 heterocycles. The van der Waals surface area contributed by atoms with Crippen LogP contribution in [-0.2, 0) is 0 Å². The predicted octanol–water partition coefficient (Wildman–Crippen LogP) is 4.70. The fourth-order valence-corrected chi connectivity index (χ4v) is 2.99. The number of aromatic amines is 1. The van der Waals surface area contributed by atoms with Crippen LogP contribution in [0.2, 0.25) is 0 Å². The summed E-state index contributed by atoms with van der Waals surface area (Å²) in [5.74, 6) is 0.466. The summed E-state index contributed by atoms with van der Waals surface area (Å²) in [6.07, 6.45) is 0. The normalized spacial score (nSPS) is 11.4. The van der Waals surface area contributed by atoms with Gasteiger partial charge in [-0.15, -0.1) is 0 Å². The third kappa shape index (κ3) is 4.48. The summed E-state index contributed by atoms with van der Waals surface area (Å²) in [5.41, 5.74) is 7.01. The fraction of sp³-hybridized carbons (Fsp3) is 0.190. The molecule has 3 aromatic rings. The Labute approximate surface area is 172 Å². The van der Waals surface area contributed by atoms with Crippen molar-refractivity contribution in [3.8, 4) is 17.0 Å². The zero-order valence-electron chi connectivity index (χ0n) is 15.9. The molecular weight excluding hydrogens is 420 g/mol. The summed E-state index contributed by atoms with van der Waals surface area (Å²) in [6.45, 7) is 6.26. The second-order valence-corrected chi connectivity index (χ2v) is 7.09. The number of ether oxygens (including phenoxy) is 1. The largest absolute Gasteiger partial charge is 0.494 e. The topological polar surface area (TPSA) is 79.4 Å². The molecule has 1 amide bonds. The van der Waals surface area contributed by atoms with Crippen LogP contribution in [0.1, 0.15) is 35.5 Å². The van der Waals surface area contributed by atoms with E-state index >= 15 is 0 Å². The fourth-order valence-electron chi connectivity index (χ4n) is 2.72. The number of hydrogen-bond donors (Lipinski definition) is 2. The molecule has 0 spiro atoms. The van der Waals surface area contributed by atoms with Crippen molar-refractivity contribution < 1.29 is 9.53 Å². The number of amides is 1. The number of rotatable bonds is 6. The number of carbonyl (C=O) groups is 1. The van der Waals surface area contributed by atoms with Crippen LogP contribution in [0.5, 0.6) is 5.75 Å². The maximum Gasteiger partial charge on any atom is 0.289 e. The number of H-pyrrole nitrogens is 1. The lowest BCUT2D eigenvalue weighted by molar-refractivity contribution is 0.0949. The minimum absolute atomic E-state index is 0.335. The highest BCUT2D eigenvalue weighted by Crippen LogP contribution is 2.25. The van der Waals surface area contributed by atoms with E-state index in [0.29, 0.717) is 18.0 Å². The molecule has 0 aliphatic heterocycles. The second-order valence-electron chi connectivity index (χ2n) is 6.17. The third-order valence-corrected chi connectivity index (χ3v) is 4.79. The number of carbonyl (C=O) groups excluding carboxylic acids is 1. The van der Waals surface area contributed by atoms with Gasteiger partial charge in [0.25, 0.3) is 5.91 Å². The molecule has 0 saturated heterocycles. The number of halogens is 1. The molecule has 0 fully saturated rings. The van der Waals surface area contributed by atoms with Crippen molar-refractivity contribution in [1.82, 2.24) is 15.6 Å². The van der Waals surface area contributed by atoms with Gasteiger partial charge in [-0.3, -0.25) is 9.89 Å². The van der Waals surface area contributed by atoms with Crippen molar-refractivity contribution >= 4 is 27.5 Å². The van der Waals surface area contributed by atoms with Crippen molar-refractivity contribution in [2.24, 2.45) is 5.10 Å². The van der Waals surface area contributed by atoms with Crippen LogP contribution in [0.25, 0.3) is 11.3 Å². The lowest BCUT2D eigenvalue weighted by Gasteiger charge is -2.05. The average Bonchev–Trinajstić information content (AvgIpc) is 3.09. The van der Waals surface area contributed by atoms with Crippen molar-refractivity contribution in [2.45, 2.75) is 20.8 Å². The van der Waals surface area contributed by atoms with E-state index in [4.69, 9.17) is 4.74 Å². The molecule has 3 rings (SSSR count). The number of aromatic nitrogens is 2. The van der Waals surface area contributed by atoms with E-state index in [1.807, 2.05) is 69.3 Å². The minimum atomic E-state index is -0.335. The standard InChI is InChI=1S/C21H21BrN4O2/c1-4-28-18-11-7-16(8-12-18)19-13(2)20(25-24-19)21(27)26-23-14(3)15-5-9-17(22)10-6-15/h5-12H,4H2,1-3H3,(H,24,25)(H,26,27)/b23-14-. The quantitative estimate of drug-likeness (QED) is 0.430. The van der Waals surface area contributed by atoms with Crippen molar-refractivity contribution in [1.29, 1.82) is 0 Å².